The number of aliphatic hydroxyl groups is 1. The summed E-state index contributed by atoms with van der Waals surface area (Å²) < 4.78 is 18.9. The molecule has 0 spiro atoms. The van der Waals surface area contributed by atoms with Gasteiger partial charge in [0.05, 0.1) is 12.5 Å². The Morgan fingerprint density at radius 3 is 2.52 bits per heavy atom. The molecule has 9 nitrogen and oxygen atoms in total. The topological polar surface area (TPSA) is 116 Å². The van der Waals surface area contributed by atoms with Crippen LogP contribution in [0.5, 0.6) is 0 Å². The number of imide groups is 1. The second-order valence-electron chi connectivity index (χ2n) is 7.10. The molecule has 1 saturated heterocycles. The van der Waals surface area contributed by atoms with Crippen LogP contribution in [0.2, 0.25) is 0 Å². The van der Waals surface area contributed by atoms with Crippen molar-refractivity contribution in [2.75, 3.05) is 14.1 Å². The van der Waals surface area contributed by atoms with E-state index in [1.54, 1.807) is 20.2 Å². The normalized spacial score (nSPS) is 19.8. The van der Waals surface area contributed by atoms with E-state index < -0.39 is 47.4 Å². The molecule has 3 amide bonds. The number of esters is 1. The minimum Gasteiger partial charge on any atom is -0.427 e. The molecule has 1 aliphatic heterocycles. The van der Waals surface area contributed by atoms with Crippen LogP contribution in [0.4, 0.5) is 4.39 Å². The standard InChI is InChI=1S/C19H24FN3O6/c1-11(24)17(27)29-19(2,23-15(25)9-14(16(23)26)22(3)4)18(28)21-10-12-7-5-6-8-13(12)20/h5-8,11,14,24H,9-10H2,1-4H3,(H,21,28)/t11?,14-,19-/m1/s1. The lowest BCUT2D eigenvalue weighted by atomic mass is 10.1. The maximum absolute atomic E-state index is 13.8. The van der Waals surface area contributed by atoms with Gasteiger partial charge in [-0.1, -0.05) is 18.2 Å². The van der Waals surface area contributed by atoms with Crippen LogP contribution in [0.15, 0.2) is 24.3 Å². The summed E-state index contributed by atoms with van der Waals surface area (Å²) in [6, 6.07) is 4.89. The van der Waals surface area contributed by atoms with E-state index >= 15 is 0 Å². The Labute approximate surface area is 167 Å². The van der Waals surface area contributed by atoms with E-state index in [0.717, 1.165) is 13.8 Å². The maximum Gasteiger partial charge on any atom is 0.337 e. The van der Waals surface area contributed by atoms with Crippen molar-refractivity contribution in [1.82, 2.24) is 15.1 Å². The van der Waals surface area contributed by atoms with Gasteiger partial charge in [0.25, 0.3) is 17.5 Å². The number of carbonyl (C=O) groups is 4. The molecule has 10 heteroatoms. The van der Waals surface area contributed by atoms with Crippen molar-refractivity contribution in [2.45, 2.75) is 44.7 Å². The molecule has 158 valence electrons. The van der Waals surface area contributed by atoms with Gasteiger partial charge < -0.3 is 15.2 Å². The van der Waals surface area contributed by atoms with Gasteiger partial charge in [0.15, 0.2) is 0 Å². The van der Waals surface area contributed by atoms with Crippen molar-refractivity contribution in [3.63, 3.8) is 0 Å². The monoisotopic (exact) mass is 409 g/mol. The lowest BCUT2D eigenvalue weighted by Gasteiger charge is -2.35. The number of aliphatic hydroxyl groups excluding tert-OH is 1. The third kappa shape index (κ3) is 4.60. The Kier molecular flexibility index (Phi) is 6.70. The average molecular weight is 409 g/mol. The fraction of sp³-hybridized carbons (Fsp3) is 0.474. The minimum atomic E-state index is -2.35. The Morgan fingerprint density at radius 1 is 1.38 bits per heavy atom. The van der Waals surface area contributed by atoms with Gasteiger partial charge in [-0.3, -0.25) is 19.3 Å². The lowest BCUT2D eigenvalue weighted by Crippen LogP contribution is -2.62. The summed E-state index contributed by atoms with van der Waals surface area (Å²) in [7, 11) is 3.19. The van der Waals surface area contributed by atoms with Crippen LogP contribution in [0.3, 0.4) is 0 Å². The summed E-state index contributed by atoms with van der Waals surface area (Å²) in [5.74, 6) is -4.19. The average Bonchev–Trinajstić information content (AvgIpc) is 2.95. The van der Waals surface area contributed by atoms with E-state index in [2.05, 4.69) is 5.32 Å². The van der Waals surface area contributed by atoms with Crippen LogP contribution in [0, 0.1) is 5.82 Å². The van der Waals surface area contributed by atoms with E-state index in [1.807, 2.05) is 0 Å². The van der Waals surface area contributed by atoms with Crippen LogP contribution < -0.4 is 5.32 Å². The van der Waals surface area contributed by atoms with Crippen LogP contribution in [0.1, 0.15) is 25.8 Å². The molecular formula is C19H24FN3O6. The molecule has 1 heterocycles. The molecule has 0 radical (unpaired) electrons. The predicted molar refractivity (Wildman–Crippen MR) is 98.4 cm³/mol. The molecule has 1 aromatic carbocycles. The summed E-state index contributed by atoms with van der Waals surface area (Å²) in [4.78, 5) is 52.3. The number of nitrogens with zero attached hydrogens (tertiary/aromatic N) is 2. The molecule has 0 saturated carbocycles. The summed E-state index contributed by atoms with van der Waals surface area (Å²) in [6.07, 6.45) is -1.79. The number of nitrogens with one attached hydrogen (secondary N) is 1. The zero-order valence-electron chi connectivity index (χ0n) is 16.6. The third-order valence-electron chi connectivity index (χ3n) is 4.63. The number of likely N-dealkylation sites (N-methyl/N-ethyl adjacent to an activating group) is 1. The quantitative estimate of drug-likeness (QED) is 0.472. The first-order chi connectivity index (χ1) is 13.5. The Balaban J connectivity index is 2.33. The highest BCUT2D eigenvalue weighted by Crippen LogP contribution is 2.28. The summed E-state index contributed by atoms with van der Waals surface area (Å²) in [5.41, 5.74) is -2.19. The van der Waals surface area contributed by atoms with Crippen molar-refractivity contribution in [3.05, 3.63) is 35.6 Å². The SMILES string of the molecule is CC(O)C(=O)O[C@](C)(C(=O)NCc1ccccc1F)N1C(=O)C[C@@H](N(C)C)C1=O. The number of benzene rings is 1. The molecule has 29 heavy (non-hydrogen) atoms. The van der Waals surface area contributed by atoms with Gasteiger partial charge in [0.2, 0.25) is 5.91 Å². The van der Waals surface area contributed by atoms with E-state index in [1.165, 1.54) is 23.1 Å². The number of hydrogen-bond donors (Lipinski definition) is 2. The zero-order chi connectivity index (χ0) is 21.9. The third-order valence-corrected chi connectivity index (χ3v) is 4.63. The van der Waals surface area contributed by atoms with Gasteiger partial charge in [-0.25, -0.2) is 14.1 Å². The van der Waals surface area contributed by atoms with Crippen molar-refractivity contribution in [2.24, 2.45) is 0 Å². The number of rotatable bonds is 7. The minimum absolute atomic E-state index is 0.162. The van der Waals surface area contributed by atoms with E-state index in [4.69, 9.17) is 4.74 Å². The molecule has 2 N–H and O–H groups in total. The molecule has 1 unspecified atom stereocenters. The second-order valence-corrected chi connectivity index (χ2v) is 7.10. The number of carbonyl (C=O) groups excluding carboxylic acids is 4. The Bertz CT molecular complexity index is 828. The fourth-order valence-corrected chi connectivity index (χ4v) is 2.92. The number of hydrogen-bond acceptors (Lipinski definition) is 7. The largest absolute Gasteiger partial charge is 0.427 e. The molecule has 1 aliphatic rings. The van der Waals surface area contributed by atoms with Crippen LogP contribution >= 0.6 is 0 Å². The molecule has 0 aliphatic carbocycles. The Morgan fingerprint density at radius 2 is 2.00 bits per heavy atom. The van der Waals surface area contributed by atoms with Gasteiger partial charge in [0, 0.05) is 19.0 Å². The molecule has 0 bridgehead atoms. The van der Waals surface area contributed by atoms with Gasteiger partial charge in [-0.05, 0) is 27.1 Å². The second kappa shape index (κ2) is 8.66. The molecule has 1 fully saturated rings. The predicted octanol–water partition coefficient (Wildman–Crippen LogP) is -0.229. The first kappa shape index (κ1) is 22.4. The van der Waals surface area contributed by atoms with Crippen molar-refractivity contribution >= 4 is 23.7 Å². The molecule has 0 aromatic heterocycles. The van der Waals surface area contributed by atoms with E-state index in [0.29, 0.717) is 4.90 Å². The highest BCUT2D eigenvalue weighted by Gasteiger charge is 2.55. The summed E-state index contributed by atoms with van der Waals surface area (Å²) in [6.45, 7) is 1.94. The summed E-state index contributed by atoms with van der Waals surface area (Å²) >= 11 is 0. The van der Waals surface area contributed by atoms with Crippen molar-refractivity contribution in [1.29, 1.82) is 0 Å². The number of halogens is 1. The van der Waals surface area contributed by atoms with Crippen LogP contribution in [-0.4, -0.2) is 70.6 Å². The van der Waals surface area contributed by atoms with E-state index in [-0.39, 0.29) is 18.5 Å². The van der Waals surface area contributed by atoms with Gasteiger partial charge in [-0.15, -0.1) is 0 Å². The first-order valence-electron chi connectivity index (χ1n) is 8.95. The molecular weight excluding hydrogens is 385 g/mol. The lowest BCUT2D eigenvalue weighted by molar-refractivity contribution is -0.197. The van der Waals surface area contributed by atoms with Gasteiger partial charge in [-0.2, -0.15) is 0 Å². The maximum atomic E-state index is 13.8. The summed E-state index contributed by atoms with van der Waals surface area (Å²) in [5, 5.41) is 11.9. The number of likely N-dealkylation sites (tertiary alicyclic amines) is 1. The highest BCUT2D eigenvalue weighted by molar-refractivity contribution is 6.09. The number of amides is 3. The van der Waals surface area contributed by atoms with Gasteiger partial charge >= 0.3 is 5.97 Å². The fourth-order valence-electron chi connectivity index (χ4n) is 2.92. The van der Waals surface area contributed by atoms with E-state index in [9.17, 15) is 28.7 Å². The smallest absolute Gasteiger partial charge is 0.337 e. The van der Waals surface area contributed by atoms with Crippen LogP contribution in [-0.2, 0) is 30.5 Å². The van der Waals surface area contributed by atoms with Crippen LogP contribution in [0.25, 0.3) is 0 Å². The van der Waals surface area contributed by atoms with Gasteiger partial charge in [0.1, 0.15) is 11.9 Å². The molecule has 2 rings (SSSR count). The highest BCUT2D eigenvalue weighted by atomic mass is 19.1. The van der Waals surface area contributed by atoms with Crippen molar-refractivity contribution < 1.29 is 33.4 Å². The Hall–Kier alpha value is -2.85. The van der Waals surface area contributed by atoms with Crippen molar-refractivity contribution in [3.8, 4) is 0 Å². The zero-order valence-corrected chi connectivity index (χ0v) is 16.6. The molecule has 1 aromatic rings. The number of ether oxygens (including phenoxy) is 1. The first-order valence-corrected chi connectivity index (χ1v) is 8.95. The molecule has 3 atom stereocenters.